The van der Waals surface area contributed by atoms with Gasteiger partial charge in [-0.25, -0.2) is 4.98 Å². The number of rotatable bonds is 2. The Balaban J connectivity index is 1.43. The molecular formula is C35H21N3O. The molecule has 9 rings (SSSR count). The van der Waals surface area contributed by atoms with Crippen molar-refractivity contribution in [3.05, 3.63) is 128 Å². The van der Waals surface area contributed by atoms with E-state index in [0.717, 1.165) is 55.4 Å². The minimum Gasteiger partial charge on any atom is -0.456 e. The lowest BCUT2D eigenvalue weighted by molar-refractivity contribution is 0.668. The summed E-state index contributed by atoms with van der Waals surface area (Å²) >= 11 is 0. The fraction of sp³-hybridized carbons (Fsp3) is 0. The van der Waals surface area contributed by atoms with Crippen molar-refractivity contribution in [1.29, 1.82) is 0 Å². The summed E-state index contributed by atoms with van der Waals surface area (Å²) in [4.78, 5) is 4.85. The van der Waals surface area contributed by atoms with E-state index in [1.54, 1.807) is 0 Å². The molecule has 0 spiro atoms. The first-order valence-electron chi connectivity index (χ1n) is 13.2. The monoisotopic (exact) mass is 499 g/mol. The van der Waals surface area contributed by atoms with Gasteiger partial charge in [0.05, 0.1) is 16.6 Å². The van der Waals surface area contributed by atoms with Crippen molar-refractivity contribution < 1.29 is 4.42 Å². The SMILES string of the molecule is c1ccc(-n2c3ccc4c(c5ccccc5n4-c4ccc5c(c4)oc4ccccc45)c3c3cccnc32)cc1. The Hall–Kier alpha value is -5.35. The zero-order chi connectivity index (χ0) is 25.5. The molecule has 0 aliphatic carbocycles. The standard InChI is InChI=1S/C35H21N3O/c1-2-9-22(10-3-1)38-30-19-18-29-33(34(30)27-13-8-20-36-35(27)38)26-12-4-6-14-28(26)37(29)23-16-17-25-24-11-5-7-15-31(24)39-32(25)21-23/h1-21H. The van der Waals surface area contributed by atoms with Crippen LogP contribution in [0.25, 0.3) is 77.1 Å². The predicted molar refractivity (Wildman–Crippen MR) is 160 cm³/mol. The molecule has 0 aliphatic rings. The second kappa shape index (κ2) is 7.59. The van der Waals surface area contributed by atoms with Crippen molar-refractivity contribution in [1.82, 2.24) is 14.1 Å². The number of nitrogens with zero attached hydrogens (tertiary/aromatic N) is 3. The highest BCUT2D eigenvalue weighted by Gasteiger charge is 2.21. The van der Waals surface area contributed by atoms with Gasteiger partial charge in [-0.15, -0.1) is 0 Å². The Morgan fingerprint density at radius 3 is 2.05 bits per heavy atom. The van der Waals surface area contributed by atoms with Crippen LogP contribution < -0.4 is 0 Å². The van der Waals surface area contributed by atoms with E-state index >= 15 is 0 Å². The van der Waals surface area contributed by atoms with Gasteiger partial charge in [0, 0.05) is 56.0 Å². The molecular weight excluding hydrogens is 478 g/mol. The second-order valence-electron chi connectivity index (χ2n) is 10.0. The van der Waals surface area contributed by atoms with Crippen LogP contribution in [0.15, 0.2) is 132 Å². The molecule has 5 aromatic carbocycles. The smallest absolute Gasteiger partial charge is 0.145 e. The van der Waals surface area contributed by atoms with Gasteiger partial charge in [-0.1, -0.05) is 54.6 Å². The number of para-hydroxylation sites is 3. The van der Waals surface area contributed by atoms with Crippen molar-refractivity contribution in [3.8, 4) is 11.4 Å². The van der Waals surface area contributed by atoms with E-state index in [4.69, 9.17) is 9.40 Å². The van der Waals surface area contributed by atoms with Crippen molar-refractivity contribution in [3.63, 3.8) is 0 Å². The van der Waals surface area contributed by atoms with Gasteiger partial charge in [-0.2, -0.15) is 0 Å². The first kappa shape index (κ1) is 20.7. The van der Waals surface area contributed by atoms with Crippen LogP contribution in [-0.2, 0) is 0 Å². The third-order valence-corrected chi connectivity index (χ3v) is 7.96. The highest BCUT2D eigenvalue weighted by atomic mass is 16.3. The lowest BCUT2D eigenvalue weighted by Crippen LogP contribution is -1.95. The Kier molecular flexibility index (Phi) is 4.02. The largest absolute Gasteiger partial charge is 0.456 e. The molecule has 4 heteroatoms. The molecule has 0 fully saturated rings. The summed E-state index contributed by atoms with van der Waals surface area (Å²) in [6.45, 7) is 0. The van der Waals surface area contributed by atoms with Gasteiger partial charge in [0.15, 0.2) is 0 Å². The van der Waals surface area contributed by atoms with Gasteiger partial charge in [-0.3, -0.25) is 4.57 Å². The van der Waals surface area contributed by atoms with Crippen molar-refractivity contribution in [2.24, 2.45) is 0 Å². The Morgan fingerprint density at radius 1 is 0.462 bits per heavy atom. The molecule has 4 aromatic heterocycles. The summed E-state index contributed by atoms with van der Waals surface area (Å²) in [7, 11) is 0. The molecule has 0 amide bonds. The van der Waals surface area contributed by atoms with Crippen molar-refractivity contribution >= 4 is 65.7 Å². The average Bonchev–Trinajstić information content (AvgIpc) is 3.64. The molecule has 0 N–H and O–H groups in total. The van der Waals surface area contributed by atoms with Crippen LogP contribution in [-0.4, -0.2) is 14.1 Å². The van der Waals surface area contributed by atoms with E-state index in [0.29, 0.717) is 0 Å². The quantitative estimate of drug-likeness (QED) is 0.238. The molecule has 0 bridgehead atoms. The van der Waals surface area contributed by atoms with E-state index in [1.807, 2.05) is 24.4 Å². The summed E-state index contributed by atoms with van der Waals surface area (Å²) in [6, 6.07) is 42.7. The summed E-state index contributed by atoms with van der Waals surface area (Å²) in [5.41, 5.74) is 8.44. The van der Waals surface area contributed by atoms with E-state index in [2.05, 4.69) is 112 Å². The minimum atomic E-state index is 0.894. The molecule has 0 saturated carbocycles. The summed E-state index contributed by atoms with van der Waals surface area (Å²) < 4.78 is 10.9. The van der Waals surface area contributed by atoms with Gasteiger partial charge < -0.3 is 8.98 Å². The van der Waals surface area contributed by atoms with Gasteiger partial charge in [-0.05, 0) is 60.7 Å². The molecule has 4 heterocycles. The van der Waals surface area contributed by atoms with Gasteiger partial charge in [0.2, 0.25) is 0 Å². The molecule has 182 valence electrons. The molecule has 0 aliphatic heterocycles. The van der Waals surface area contributed by atoms with Crippen molar-refractivity contribution in [2.75, 3.05) is 0 Å². The van der Waals surface area contributed by atoms with E-state index in [1.165, 1.54) is 21.7 Å². The fourth-order valence-corrected chi connectivity index (χ4v) is 6.36. The minimum absolute atomic E-state index is 0.894. The predicted octanol–water partition coefficient (Wildman–Crippen LogP) is 9.18. The topological polar surface area (TPSA) is 35.9 Å². The number of benzene rings is 5. The highest BCUT2D eigenvalue weighted by Crippen LogP contribution is 2.42. The van der Waals surface area contributed by atoms with Crippen LogP contribution >= 0.6 is 0 Å². The highest BCUT2D eigenvalue weighted by molar-refractivity contribution is 6.28. The van der Waals surface area contributed by atoms with Crippen LogP contribution in [0.4, 0.5) is 0 Å². The number of fused-ring (bicyclic) bond motifs is 10. The maximum atomic E-state index is 6.27. The maximum Gasteiger partial charge on any atom is 0.145 e. The van der Waals surface area contributed by atoms with Gasteiger partial charge in [0.1, 0.15) is 16.8 Å². The Bertz CT molecular complexity index is 2390. The molecule has 4 nitrogen and oxygen atoms in total. The fourth-order valence-electron chi connectivity index (χ4n) is 6.36. The third kappa shape index (κ3) is 2.75. The third-order valence-electron chi connectivity index (χ3n) is 7.96. The van der Waals surface area contributed by atoms with Crippen LogP contribution in [0, 0.1) is 0 Å². The van der Waals surface area contributed by atoms with E-state index in [9.17, 15) is 0 Å². The van der Waals surface area contributed by atoms with Gasteiger partial charge in [0.25, 0.3) is 0 Å². The van der Waals surface area contributed by atoms with Crippen molar-refractivity contribution in [2.45, 2.75) is 0 Å². The summed E-state index contributed by atoms with van der Waals surface area (Å²) in [5, 5.41) is 7.11. The van der Waals surface area contributed by atoms with Gasteiger partial charge >= 0.3 is 0 Å². The normalized spacial score (nSPS) is 12.1. The summed E-state index contributed by atoms with van der Waals surface area (Å²) in [5.74, 6) is 0. The van der Waals surface area contributed by atoms with E-state index < -0.39 is 0 Å². The van der Waals surface area contributed by atoms with E-state index in [-0.39, 0.29) is 0 Å². The Morgan fingerprint density at radius 2 is 1.15 bits per heavy atom. The first-order valence-corrected chi connectivity index (χ1v) is 13.2. The Labute approximate surface area is 222 Å². The number of pyridine rings is 1. The zero-order valence-electron chi connectivity index (χ0n) is 20.9. The lowest BCUT2D eigenvalue weighted by atomic mass is 10.1. The lowest BCUT2D eigenvalue weighted by Gasteiger charge is -2.09. The maximum absolute atomic E-state index is 6.27. The molecule has 0 saturated heterocycles. The molecule has 0 radical (unpaired) electrons. The molecule has 39 heavy (non-hydrogen) atoms. The average molecular weight is 500 g/mol. The second-order valence-corrected chi connectivity index (χ2v) is 10.0. The number of hydrogen-bond donors (Lipinski definition) is 0. The van der Waals surface area contributed by atoms with Crippen LogP contribution in [0.2, 0.25) is 0 Å². The molecule has 0 unspecified atom stereocenters. The zero-order valence-corrected chi connectivity index (χ0v) is 20.9. The first-order chi connectivity index (χ1) is 19.4. The summed E-state index contributed by atoms with van der Waals surface area (Å²) in [6.07, 6.45) is 1.88. The van der Waals surface area contributed by atoms with Crippen LogP contribution in [0.3, 0.4) is 0 Å². The van der Waals surface area contributed by atoms with Crippen LogP contribution in [0.1, 0.15) is 0 Å². The van der Waals surface area contributed by atoms with Crippen LogP contribution in [0.5, 0.6) is 0 Å². The molecule has 9 aromatic rings. The molecule has 0 atom stereocenters. The number of aromatic nitrogens is 3. The number of hydrogen-bond acceptors (Lipinski definition) is 2. The number of furan rings is 1.